The lowest BCUT2D eigenvalue weighted by Crippen LogP contribution is -2.04. The molecule has 13 heavy (non-hydrogen) atoms. The Morgan fingerprint density at radius 2 is 1.77 bits per heavy atom. The molecular formula is C13H26. The van der Waals surface area contributed by atoms with Crippen LogP contribution in [0, 0.1) is 11.8 Å². The minimum atomic E-state index is 0.752. The molecule has 0 fully saturated rings. The predicted molar refractivity (Wildman–Crippen MR) is 61.9 cm³/mol. The van der Waals surface area contributed by atoms with Crippen LogP contribution in [0.1, 0.15) is 60.3 Å². The minimum absolute atomic E-state index is 0.752. The fraction of sp³-hybridized carbons (Fsp3) is 0.846. The van der Waals surface area contributed by atoms with E-state index in [4.69, 9.17) is 0 Å². The maximum Gasteiger partial charge on any atom is -0.0211 e. The number of unbranched alkanes of at least 4 members (excludes halogenated alkanes) is 3. The normalized spacial score (nSPS) is 15.1. The summed E-state index contributed by atoms with van der Waals surface area (Å²) in [6.45, 7) is 11.5. The van der Waals surface area contributed by atoms with E-state index in [1.165, 1.54) is 25.7 Å². The molecule has 0 N–H and O–H groups in total. The summed E-state index contributed by atoms with van der Waals surface area (Å²) in [5, 5.41) is 0. The summed E-state index contributed by atoms with van der Waals surface area (Å²) >= 11 is 0. The molecule has 0 aliphatic rings. The van der Waals surface area contributed by atoms with Gasteiger partial charge in [-0.3, -0.25) is 0 Å². The van der Waals surface area contributed by atoms with E-state index < -0.39 is 0 Å². The molecule has 0 radical (unpaired) electrons. The summed E-state index contributed by atoms with van der Waals surface area (Å²) in [7, 11) is 0. The zero-order chi connectivity index (χ0) is 10.3. The molecule has 0 aromatic heterocycles. The molecule has 78 valence electrons. The van der Waals surface area contributed by atoms with Gasteiger partial charge in [0.1, 0.15) is 0 Å². The van der Waals surface area contributed by atoms with Gasteiger partial charge in [-0.1, -0.05) is 52.2 Å². The fourth-order valence-corrected chi connectivity index (χ4v) is 1.44. The highest BCUT2D eigenvalue weighted by molar-refractivity contribution is 5.02. The van der Waals surface area contributed by atoms with Gasteiger partial charge in [0.2, 0.25) is 0 Å². The molecule has 0 aliphatic carbocycles. The van der Waals surface area contributed by atoms with Gasteiger partial charge in [-0.05, 0) is 31.6 Å². The van der Waals surface area contributed by atoms with Gasteiger partial charge in [-0.25, -0.2) is 0 Å². The van der Waals surface area contributed by atoms with Crippen molar-refractivity contribution in [2.24, 2.45) is 11.8 Å². The third-order valence-corrected chi connectivity index (χ3v) is 2.99. The van der Waals surface area contributed by atoms with Crippen molar-refractivity contribution in [3.05, 3.63) is 11.6 Å². The largest absolute Gasteiger partial charge is 0.0853 e. The van der Waals surface area contributed by atoms with E-state index in [2.05, 4.69) is 40.7 Å². The molecule has 0 aromatic rings. The second-order valence-corrected chi connectivity index (χ2v) is 4.48. The first-order chi connectivity index (χ1) is 6.09. The van der Waals surface area contributed by atoms with Crippen molar-refractivity contribution in [3.8, 4) is 0 Å². The lowest BCUT2D eigenvalue weighted by atomic mass is 9.90. The van der Waals surface area contributed by atoms with Gasteiger partial charge >= 0.3 is 0 Å². The quantitative estimate of drug-likeness (QED) is 0.408. The lowest BCUT2D eigenvalue weighted by Gasteiger charge is -2.16. The van der Waals surface area contributed by atoms with Crippen molar-refractivity contribution in [2.75, 3.05) is 0 Å². The van der Waals surface area contributed by atoms with Gasteiger partial charge in [-0.2, -0.15) is 0 Å². The molecule has 0 aromatic carbocycles. The highest BCUT2D eigenvalue weighted by Crippen LogP contribution is 2.19. The SMILES string of the molecule is CCCCC/C=C(\C)C(C)C(C)C. The Kier molecular flexibility index (Phi) is 7.03. The topological polar surface area (TPSA) is 0 Å². The summed E-state index contributed by atoms with van der Waals surface area (Å²) in [6.07, 6.45) is 7.77. The van der Waals surface area contributed by atoms with Crippen LogP contribution in [0.15, 0.2) is 11.6 Å². The second kappa shape index (κ2) is 7.17. The summed E-state index contributed by atoms with van der Waals surface area (Å²) < 4.78 is 0. The first-order valence-corrected chi connectivity index (χ1v) is 5.76. The van der Waals surface area contributed by atoms with Crippen LogP contribution in [0.4, 0.5) is 0 Å². The number of allylic oxidation sites excluding steroid dienone is 2. The van der Waals surface area contributed by atoms with Crippen LogP contribution in [-0.2, 0) is 0 Å². The van der Waals surface area contributed by atoms with E-state index in [0.29, 0.717) is 0 Å². The summed E-state index contributed by atoms with van der Waals surface area (Å²) in [6, 6.07) is 0. The van der Waals surface area contributed by atoms with E-state index in [1.807, 2.05) is 0 Å². The standard InChI is InChI=1S/C13H26/c1-6-7-8-9-10-12(4)13(5)11(2)3/h10-11,13H,6-9H2,1-5H3/b12-10+. The molecule has 0 saturated carbocycles. The Morgan fingerprint density at radius 3 is 2.23 bits per heavy atom. The monoisotopic (exact) mass is 182 g/mol. The van der Waals surface area contributed by atoms with Crippen LogP contribution in [0.25, 0.3) is 0 Å². The van der Waals surface area contributed by atoms with E-state index in [1.54, 1.807) is 5.57 Å². The van der Waals surface area contributed by atoms with Gasteiger partial charge < -0.3 is 0 Å². The van der Waals surface area contributed by atoms with E-state index in [9.17, 15) is 0 Å². The first-order valence-electron chi connectivity index (χ1n) is 5.76. The zero-order valence-electron chi connectivity index (χ0n) is 10.1. The van der Waals surface area contributed by atoms with E-state index in [-0.39, 0.29) is 0 Å². The molecule has 1 atom stereocenters. The van der Waals surface area contributed by atoms with E-state index in [0.717, 1.165) is 11.8 Å². The smallest absolute Gasteiger partial charge is 0.0211 e. The van der Waals surface area contributed by atoms with Crippen LogP contribution in [0.3, 0.4) is 0 Å². The fourth-order valence-electron chi connectivity index (χ4n) is 1.44. The maximum atomic E-state index is 2.43. The highest BCUT2D eigenvalue weighted by Gasteiger charge is 2.07. The molecule has 0 amide bonds. The van der Waals surface area contributed by atoms with Gasteiger partial charge in [0, 0.05) is 0 Å². The molecular weight excluding hydrogens is 156 g/mol. The highest BCUT2D eigenvalue weighted by atomic mass is 14.1. The number of hydrogen-bond acceptors (Lipinski definition) is 0. The third kappa shape index (κ3) is 5.90. The Morgan fingerprint density at radius 1 is 1.15 bits per heavy atom. The Hall–Kier alpha value is -0.260. The summed E-state index contributed by atoms with van der Waals surface area (Å²) in [4.78, 5) is 0. The second-order valence-electron chi connectivity index (χ2n) is 4.48. The molecule has 0 bridgehead atoms. The van der Waals surface area contributed by atoms with Crippen LogP contribution in [-0.4, -0.2) is 0 Å². The maximum absolute atomic E-state index is 2.43. The Balaban J connectivity index is 3.73. The lowest BCUT2D eigenvalue weighted by molar-refractivity contribution is 0.478. The summed E-state index contributed by atoms with van der Waals surface area (Å²) in [5.41, 5.74) is 1.58. The van der Waals surface area contributed by atoms with Crippen LogP contribution < -0.4 is 0 Å². The van der Waals surface area contributed by atoms with Gasteiger partial charge in [0.25, 0.3) is 0 Å². The third-order valence-electron chi connectivity index (χ3n) is 2.99. The molecule has 0 spiro atoms. The van der Waals surface area contributed by atoms with Crippen molar-refractivity contribution < 1.29 is 0 Å². The van der Waals surface area contributed by atoms with Crippen molar-refractivity contribution in [1.29, 1.82) is 0 Å². The van der Waals surface area contributed by atoms with Crippen LogP contribution in [0.2, 0.25) is 0 Å². The summed E-state index contributed by atoms with van der Waals surface area (Å²) in [5.74, 6) is 1.53. The van der Waals surface area contributed by atoms with Gasteiger partial charge in [0.05, 0.1) is 0 Å². The molecule has 0 heterocycles. The first kappa shape index (κ1) is 12.7. The molecule has 0 heteroatoms. The average Bonchev–Trinajstić information content (AvgIpc) is 2.10. The molecule has 1 unspecified atom stereocenters. The molecule has 0 aliphatic heterocycles. The number of hydrogen-bond donors (Lipinski definition) is 0. The van der Waals surface area contributed by atoms with Crippen LogP contribution in [0.5, 0.6) is 0 Å². The van der Waals surface area contributed by atoms with E-state index >= 15 is 0 Å². The van der Waals surface area contributed by atoms with Crippen molar-refractivity contribution in [3.63, 3.8) is 0 Å². The van der Waals surface area contributed by atoms with Crippen molar-refractivity contribution >= 4 is 0 Å². The molecule has 0 nitrogen and oxygen atoms in total. The number of rotatable bonds is 6. The Labute approximate surface area is 84.4 Å². The van der Waals surface area contributed by atoms with Gasteiger partial charge in [0.15, 0.2) is 0 Å². The molecule has 0 saturated heterocycles. The average molecular weight is 182 g/mol. The van der Waals surface area contributed by atoms with Gasteiger partial charge in [-0.15, -0.1) is 0 Å². The zero-order valence-corrected chi connectivity index (χ0v) is 10.1. The minimum Gasteiger partial charge on any atom is -0.0853 e. The Bertz CT molecular complexity index is 142. The molecule has 0 rings (SSSR count). The van der Waals surface area contributed by atoms with Crippen LogP contribution >= 0.6 is 0 Å². The van der Waals surface area contributed by atoms with Crippen molar-refractivity contribution in [1.82, 2.24) is 0 Å². The predicted octanol–water partition coefficient (Wildman–Crippen LogP) is 4.81. The van der Waals surface area contributed by atoms with Crippen molar-refractivity contribution in [2.45, 2.75) is 60.3 Å².